The number of ether oxygens (including phenoxy) is 3. The van der Waals surface area contributed by atoms with E-state index in [1.807, 2.05) is 140 Å². The molecule has 0 spiro atoms. The number of hydrogen-bond acceptors (Lipinski definition) is 15. The molecule has 0 bridgehead atoms. The van der Waals surface area contributed by atoms with E-state index in [0.29, 0.717) is 0 Å². The van der Waals surface area contributed by atoms with Gasteiger partial charge in [0.25, 0.3) is 0 Å². The van der Waals surface area contributed by atoms with Gasteiger partial charge in [-0.3, -0.25) is 13.7 Å². The van der Waals surface area contributed by atoms with Crippen LogP contribution in [-0.2, 0) is 63.2 Å². The first-order chi connectivity index (χ1) is 70.2. The van der Waals surface area contributed by atoms with Crippen LogP contribution in [0, 0.1) is 56.4 Å². The molecule has 29 rings (SSSR count). The normalized spacial score (nSPS) is 13.7. The molecule has 6 aliphatic rings. The summed E-state index contributed by atoms with van der Waals surface area (Å²) in [7, 11) is 6.25. The van der Waals surface area contributed by atoms with E-state index in [2.05, 4.69) is 417 Å². The Balaban J connectivity index is 0.000000116. The van der Waals surface area contributed by atoms with E-state index in [4.69, 9.17) is 19.2 Å². The molecule has 6 aliphatic heterocycles. The minimum atomic E-state index is 0. The summed E-state index contributed by atoms with van der Waals surface area (Å²) in [5, 5.41) is 9.66. The van der Waals surface area contributed by atoms with Crippen molar-refractivity contribution in [3.8, 4) is 62.7 Å². The Hall–Kier alpha value is -16.9. The van der Waals surface area contributed by atoms with Gasteiger partial charge in [0.1, 0.15) is 22.9 Å². The Morgan fingerprint density at radius 3 is 0.917 bits per heavy atom. The summed E-state index contributed by atoms with van der Waals surface area (Å²) in [5.74, 6) is 7.67. The second-order valence-electron chi connectivity index (χ2n) is 35.3. The fourth-order valence-corrected chi connectivity index (χ4v) is 20.5. The zero-order chi connectivity index (χ0) is 94.2. The van der Waals surface area contributed by atoms with Gasteiger partial charge in [0, 0.05) is 161 Å². The number of anilines is 12. The Morgan fingerprint density at radius 1 is 0.221 bits per heavy atom. The number of aromatic nitrogens is 7. The molecular weight excluding hydrogens is 2330 g/mol. The second kappa shape index (κ2) is 37.5. The van der Waals surface area contributed by atoms with Gasteiger partial charge in [0.15, 0.2) is 0 Å². The summed E-state index contributed by atoms with van der Waals surface area (Å²) >= 11 is 0. The van der Waals surface area contributed by atoms with Crippen LogP contribution in [0.15, 0.2) is 419 Å². The molecule has 0 unspecified atom stereocenters. The molecule has 13 heterocycles. The largest absolute Gasteiger partial charge is 0.513 e. The predicted molar refractivity (Wildman–Crippen MR) is 570 cm³/mol. The van der Waals surface area contributed by atoms with Gasteiger partial charge >= 0.3 is 0 Å². The van der Waals surface area contributed by atoms with E-state index in [1.54, 1.807) is 12.4 Å². The van der Waals surface area contributed by atoms with Crippen molar-refractivity contribution in [3.63, 3.8) is 0 Å². The molecule has 23 aromatic rings. The second-order valence-corrected chi connectivity index (χ2v) is 35.3. The molecule has 0 radical (unpaired) electrons. The Kier molecular flexibility index (Phi) is 23.4. The minimum Gasteiger partial charge on any atom is -0.513 e. The molecule has 7 aromatic heterocycles. The Bertz CT molecular complexity index is 8880. The van der Waals surface area contributed by atoms with Gasteiger partial charge in [-0.25, -0.2) is 4.98 Å². The van der Waals surface area contributed by atoms with Crippen LogP contribution in [0.5, 0.6) is 34.5 Å². The minimum absolute atomic E-state index is 0. The Labute approximate surface area is 880 Å². The van der Waals surface area contributed by atoms with Crippen molar-refractivity contribution in [2.45, 2.75) is 0 Å². The smallest absolute Gasteiger partial charge is 0.143 e. The van der Waals surface area contributed by atoms with Gasteiger partial charge in [-0.2, -0.15) is 32.1 Å². The Morgan fingerprint density at radius 2 is 0.517 bits per heavy atom. The quantitative estimate of drug-likeness (QED) is 0.108. The summed E-state index contributed by atoms with van der Waals surface area (Å²) < 4.78 is 28.4. The fourth-order valence-electron chi connectivity index (χ4n) is 20.5. The SMILES string of the molecule is CN1[CH-]N(c2[c-]c(N3c4[c-]c(-c5ccccn5)ccc4Oc4ccccc43)ccc2)C=C1n1c2ccccc2c2ccccc21.CN1[CH-]N(c2[c-]c3c(cc2)Oc2ccccc2N3c2[c-]c(-c3ccccn3)ccc2)C=C1n1c2ccccc2c2ccccc21.CN1[CH-]N(c2[c-]c3c(cc2)Oc2ccccc2N3c2[c-]c(-n3c4ccccc4c4cccnc43)ccc2)C=C1n1c2ccccc2c2ccccc21.[Pt].[Pt].[Pt]. The van der Waals surface area contributed by atoms with Crippen molar-refractivity contribution in [2.75, 3.05) is 50.5 Å². The molecule has 0 aliphatic carbocycles. The van der Waals surface area contributed by atoms with Crippen molar-refractivity contribution in [3.05, 3.63) is 476 Å². The van der Waals surface area contributed by atoms with Gasteiger partial charge in [-0.05, 0) is 153 Å². The van der Waals surface area contributed by atoms with Gasteiger partial charge in [0.2, 0.25) is 0 Å². The third-order valence-electron chi connectivity index (χ3n) is 26.9. The van der Waals surface area contributed by atoms with Crippen molar-refractivity contribution in [1.82, 2.24) is 47.9 Å². The number of nitrogens with zero attached hydrogens (tertiary/aromatic N) is 16. The standard InChI is InChI=1S/C45H29N6O.2C39H26N5O.3Pt/c1-47-29-48(28-44(47)51-38-19-6-2-14-33(38)34-15-3-7-20-39(34)51)30-23-24-43-41(27-30)49(40-21-8-9-22-42(40)52-43)31-12-10-13-32(26-31)50-37-18-5-4-16-35(37)36-17-11-25-46-45(36)50;1-41-26-42(25-39(41)44-33-16-4-2-13-30(33)31-14-3-5-17-34(31)44)28-11-10-12-29(24-28)43-35-18-6-7-19-37(35)45-38-21-20-27(23-36(38)43)32-15-8-9-22-40-32;1-41-26-42(25-39(41)44-33-16-4-2-13-30(33)31-14-3-5-17-34(31)44)28-20-21-38-36(24-28)43(35-18-6-7-19-37(35)45-38)29-12-10-11-27(23-29)32-15-8-9-22-40-32;;;/h2-25,28-29H,1H3;2*2-22,25-26H,1H3;;;/q3*-3;;;. The van der Waals surface area contributed by atoms with Crippen molar-refractivity contribution in [2.24, 2.45) is 0 Å². The number of rotatable bonds is 12. The average molecular weight is 2420 g/mol. The van der Waals surface area contributed by atoms with E-state index in [0.717, 1.165) is 181 Å². The first-order valence-corrected chi connectivity index (χ1v) is 47.0. The van der Waals surface area contributed by atoms with Crippen LogP contribution >= 0.6 is 0 Å². The van der Waals surface area contributed by atoms with Crippen LogP contribution in [0.1, 0.15) is 0 Å². The van der Waals surface area contributed by atoms with Gasteiger partial charge in [-0.15, -0.1) is 143 Å². The number of fused-ring (bicyclic) bond motifs is 18. The first kappa shape index (κ1) is 90.6. The van der Waals surface area contributed by atoms with E-state index in [-0.39, 0.29) is 63.2 Å². The molecule has 0 amide bonds. The molecular formula is C123H81N16O3Pt3-9. The third kappa shape index (κ3) is 15.6. The maximum Gasteiger partial charge on any atom is 0.143 e. The van der Waals surface area contributed by atoms with Crippen LogP contribution in [0.3, 0.4) is 0 Å². The van der Waals surface area contributed by atoms with E-state index in [1.165, 1.54) is 54.4 Å². The van der Waals surface area contributed by atoms with Crippen LogP contribution in [-0.4, -0.2) is 69.1 Å². The number of hydrogen-bond donors (Lipinski definition) is 0. The van der Waals surface area contributed by atoms with Crippen LogP contribution in [0.25, 0.3) is 133 Å². The molecule has 0 fully saturated rings. The third-order valence-corrected chi connectivity index (χ3v) is 26.9. The topological polar surface area (TPSA) is 115 Å². The van der Waals surface area contributed by atoms with Crippen LogP contribution < -0.4 is 43.6 Å². The molecule has 16 aromatic carbocycles. The van der Waals surface area contributed by atoms with Gasteiger partial charge in [-0.1, -0.05) is 205 Å². The number of pyridine rings is 3. The van der Waals surface area contributed by atoms with Gasteiger partial charge < -0.3 is 72.8 Å². The van der Waals surface area contributed by atoms with E-state index >= 15 is 0 Å². The van der Waals surface area contributed by atoms with E-state index in [9.17, 15) is 0 Å². The summed E-state index contributed by atoms with van der Waals surface area (Å²) in [5.41, 5.74) is 24.0. The summed E-state index contributed by atoms with van der Waals surface area (Å²) in [6.07, 6.45) is 11.9. The maximum atomic E-state index is 6.50. The predicted octanol–water partition coefficient (Wildman–Crippen LogP) is 29.5. The fraction of sp³-hybridized carbons (Fsp3) is 0.0244. The molecule has 145 heavy (non-hydrogen) atoms. The zero-order valence-electron chi connectivity index (χ0n) is 77.9. The molecule has 19 nitrogen and oxygen atoms in total. The summed E-state index contributed by atoms with van der Waals surface area (Å²) in [6, 6.07) is 153. The van der Waals surface area contributed by atoms with Gasteiger partial charge in [0.05, 0.1) is 78.9 Å². The molecule has 22 heteroatoms. The van der Waals surface area contributed by atoms with Crippen molar-refractivity contribution in [1.29, 1.82) is 0 Å². The zero-order valence-corrected chi connectivity index (χ0v) is 84.7. The van der Waals surface area contributed by atoms with Crippen LogP contribution in [0.2, 0.25) is 0 Å². The number of para-hydroxylation sites is 13. The number of benzene rings is 16. The molecule has 0 saturated heterocycles. The maximum absolute atomic E-state index is 6.50. The van der Waals surface area contributed by atoms with Crippen molar-refractivity contribution < 1.29 is 77.4 Å². The molecule has 0 atom stereocenters. The molecule has 0 saturated carbocycles. The molecule has 710 valence electrons. The average Bonchev–Trinajstić information content (AvgIpc) is 1.65. The van der Waals surface area contributed by atoms with Crippen LogP contribution in [0.4, 0.5) is 68.2 Å². The molecule has 0 N–H and O–H groups in total. The monoisotopic (exact) mass is 2410 g/mol. The van der Waals surface area contributed by atoms with E-state index < -0.39 is 0 Å². The first-order valence-electron chi connectivity index (χ1n) is 47.0. The summed E-state index contributed by atoms with van der Waals surface area (Å²) in [6.45, 7) is 6.29. The summed E-state index contributed by atoms with van der Waals surface area (Å²) in [4.78, 5) is 33.3. The van der Waals surface area contributed by atoms with Crippen molar-refractivity contribution >= 4 is 173 Å².